The lowest BCUT2D eigenvalue weighted by atomic mass is 9.89. The minimum absolute atomic E-state index is 0.0469. The van der Waals surface area contributed by atoms with Crippen molar-refractivity contribution < 1.29 is 15.0 Å². The van der Waals surface area contributed by atoms with Crippen molar-refractivity contribution in [1.29, 1.82) is 0 Å². The molecule has 0 heterocycles. The van der Waals surface area contributed by atoms with E-state index < -0.39 is 12.0 Å². The number of carbonyl (C=O) groups is 1. The molecular weight excluding hydrogens is 298 g/mol. The van der Waals surface area contributed by atoms with Gasteiger partial charge in [0.25, 0.3) is 0 Å². The molecule has 0 saturated heterocycles. The lowest BCUT2D eigenvalue weighted by molar-refractivity contribution is 0.0694. The Morgan fingerprint density at radius 2 is 2.00 bits per heavy atom. The second kappa shape index (κ2) is 5.28. The molecule has 18 heavy (non-hydrogen) atoms. The molecule has 1 aromatic carbocycles. The summed E-state index contributed by atoms with van der Waals surface area (Å²) in [5, 5.41) is 19.3. The van der Waals surface area contributed by atoms with Gasteiger partial charge in [0.15, 0.2) is 0 Å². The molecule has 0 unspecified atom stereocenters. The number of hydrogen-bond acceptors (Lipinski definition) is 3. The number of carboxylic acid groups (broad SMARTS) is 1. The first kappa shape index (κ1) is 13.4. The molecule has 0 radical (unpaired) electrons. The number of carboxylic acids is 1. The smallest absolute Gasteiger partial charge is 0.336 e. The standard InChI is InChI=1S/C13H16BrNO3/c14-9-6-5-8(13(17)18)10(12(9)16)11(15)7-3-1-2-4-7/h5-7,11,16H,1-4,15H2,(H,17,18)/t11-/m0/s1. The van der Waals surface area contributed by atoms with Crippen molar-refractivity contribution in [2.45, 2.75) is 31.7 Å². The van der Waals surface area contributed by atoms with Crippen molar-refractivity contribution in [3.05, 3.63) is 27.7 Å². The van der Waals surface area contributed by atoms with Gasteiger partial charge in [-0.15, -0.1) is 0 Å². The highest BCUT2D eigenvalue weighted by Gasteiger charge is 2.29. The van der Waals surface area contributed by atoms with E-state index in [-0.39, 0.29) is 17.2 Å². The minimum atomic E-state index is -1.05. The van der Waals surface area contributed by atoms with E-state index >= 15 is 0 Å². The second-order valence-corrected chi connectivity index (χ2v) is 5.59. The summed E-state index contributed by atoms with van der Waals surface area (Å²) in [5.41, 5.74) is 6.61. The molecule has 1 saturated carbocycles. The van der Waals surface area contributed by atoms with Gasteiger partial charge in [-0.25, -0.2) is 4.79 Å². The molecule has 4 nitrogen and oxygen atoms in total. The van der Waals surface area contributed by atoms with Crippen molar-refractivity contribution in [3.63, 3.8) is 0 Å². The molecule has 1 aromatic rings. The summed E-state index contributed by atoms with van der Waals surface area (Å²) in [5.74, 6) is -0.848. The molecule has 0 aromatic heterocycles. The molecule has 1 aliphatic carbocycles. The van der Waals surface area contributed by atoms with E-state index in [0.717, 1.165) is 25.7 Å². The van der Waals surface area contributed by atoms with Crippen LogP contribution >= 0.6 is 15.9 Å². The van der Waals surface area contributed by atoms with Gasteiger partial charge >= 0.3 is 5.97 Å². The molecule has 1 fully saturated rings. The first-order valence-electron chi connectivity index (χ1n) is 6.02. The van der Waals surface area contributed by atoms with Crippen LogP contribution in [0.5, 0.6) is 5.75 Å². The summed E-state index contributed by atoms with van der Waals surface area (Å²) >= 11 is 3.21. The number of rotatable bonds is 3. The Hall–Kier alpha value is -1.07. The van der Waals surface area contributed by atoms with Gasteiger partial charge in [-0.3, -0.25) is 0 Å². The zero-order valence-electron chi connectivity index (χ0n) is 9.90. The third-order valence-corrected chi connectivity index (χ3v) is 4.28. The van der Waals surface area contributed by atoms with Crippen molar-refractivity contribution in [2.75, 3.05) is 0 Å². The quantitative estimate of drug-likeness (QED) is 0.801. The number of aromatic hydroxyl groups is 1. The normalized spacial score (nSPS) is 17.9. The van der Waals surface area contributed by atoms with E-state index in [1.54, 1.807) is 0 Å². The van der Waals surface area contributed by atoms with Gasteiger partial charge in [-0.05, 0) is 46.8 Å². The first-order chi connectivity index (χ1) is 8.52. The number of nitrogens with two attached hydrogens (primary N) is 1. The molecule has 0 bridgehead atoms. The number of phenols is 1. The number of phenolic OH excluding ortho intramolecular Hbond substituents is 1. The Morgan fingerprint density at radius 3 is 2.56 bits per heavy atom. The van der Waals surface area contributed by atoms with Crippen LogP contribution in [0.1, 0.15) is 47.6 Å². The maximum absolute atomic E-state index is 11.2. The predicted molar refractivity (Wildman–Crippen MR) is 71.7 cm³/mol. The summed E-state index contributed by atoms with van der Waals surface area (Å²) in [6, 6.07) is 2.59. The zero-order chi connectivity index (χ0) is 13.3. The Bertz CT molecular complexity index is 470. The van der Waals surface area contributed by atoms with E-state index in [2.05, 4.69) is 15.9 Å². The van der Waals surface area contributed by atoms with E-state index in [9.17, 15) is 15.0 Å². The van der Waals surface area contributed by atoms with Crippen molar-refractivity contribution >= 4 is 21.9 Å². The van der Waals surface area contributed by atoms with Gasteiger partial charge in [0, 0.05) is 11.6 Å². The zero-order valence-corrected chi connectivity index (χ0v) is 11.5. The van der Waals surface area contributed by atoms with Crippen molar-refractivity contribution in [2.24, 2.45) is 11.7 Å². The maximum atomic E-state index is 11.2. The van der Waals surface area contributed by atoms with E-state index in [0.29, 0.717) is 10.0 Å². The van der Waals surface area contributed by atoms with Crippen LogP contribution in [0.25, 0.3) is 0 Å². The molecule has 98 valence electrons. The number of benzene rings is 1. The van der Waals surface area contributed by atoms with Crippen LogP contribution in [0, 0.1) is 5.92 Å². The predicted octanol–water partition coefficient (Wildman–Crippen LogP) is 3.04. The fourth-order valence-electron chi connectivity index (χ4n) is 2.66. The highest BCUT2D eigenvalue weighted by atomic mass is 79.9. The average molecular weight is 314 g/mol. The molecular formula is C13H16BrNO3. The van der Waals surface area contributed by atoms with Crippen LogP contribution < -0.4 is 5.73 Å². The molecule has 0 aliphatic heterocycles. The Balaban J connectivity index is 2.46. The maximum Gasteiger partial charge on any atom is 0.336 e. The Morgan fingerprint density at radius 1 is 1.39 bits per heavy atom. The van der Waals surface area contributed by atoms with Crippen molar-refractivity contribution in [1.82, 2.24) is 0 Å². The highest BCUT2D eigenvalue weighted by molar-refractivity contribution is 9.10. The van der Waals surface area contributed by atoms with Gasteiger partial charge in [0.05, 0.1) is 10.0 Å². The summed E-state index contributed by atoms with van der Waals surface area (Å²) in [6.45, 7) is 0. The fourth-order valence-corrected chi connectivity index (χ4v) is 3.00. The molecule has 1 aliphatic rings. The van der Waals surface area contributed by atoms with Crippen LogP contribution in [0.4, 0.5) is 0 Å². The number of halogens is 1. The molecule has 2 rings (SSSR count). The second-order valence-electron chi connectivity index (χ2n) is 4.73. The van der Waals surface area contributed by atoms with Crippen LogP contribution in [0.15, 0.2) is 16.6 Å². The summed E-state index contributed by atoms with van der Waals surface area (Å²) in [6.07, 6.45) is 4.23. The third kappa shape index (κ3) is 2.37. The molecule has 0 spiro atoms. The lowest BCUT2D eigenvalue weighted by Gasteiger charge is -2.22. The van der Waals surface area contributed by atoms with Gasteiger partial charge in [-0.2, -0.15) is 0 Å². The molecule has 0 amide bonds. The van der Waals surface area contributed by atoms with Gasteiger partial charge in [-0.1, -0.05) is 12.8 Å². The topological polar surface area (TPSA) is 83.6 Å². The lowest BCUT2D eigenvalue weighted by Crippen LogP contribution is -2.22. The highest BCUT2D eigenvalue weighted by Crippen LogP contribution is 2.41. The monoisotopic (exact) mass is 313 g/mol. The van der Waals surface area contributed by atoms with Crippen LogP contribution in [0.3, 0.4) is 0 Å². The average Bonchev–Trinajstić information content (AvgIpc) is 2.84. The van der Waals surface area contributed by atoms with E-state index in [1.165, 1.54) is 12.1 Å². The largest absolute Gasteiger partial charge is 0.506 e. The summed E-state index contributed by atoms with van der Waals surface area (Å²) in [4.78, 5) is 11.2. The molecule has 4 N–H and O–H groups in total. The first-order valence-corrected chi connectivity index (χ1v) is 6.82. The van der Waals surface area contributed by atoms with Crippen LogP contribution in [-0.2, 0) is 0 Å². The Labute approximate surface area is 114 Å². The molecule has 5 heteroatoms. The van der Waals surface area contributed by atoms with E-state index in [4.69, 9.17) is 5.73 Å². The number of hydrogen-bond donors (Lipinski definition) is 3. The molecule has 1 atom stereocenters. The van der Waals surface area contributed by atoms with Crippen LogP contribution in [0.2, 0.25) is 0 Å². The van der Waals surface area contributed by atoms with Gasteiger partial charge in [0.1, 0.15) is 5.75 Å². The third-order valence-electron chi connectivity index (χ3n) is 3.64. The SMILES string of the molecule is N[C@H](c1c(C(=O)O)ccc(Br)c1O)C1CCCC1. The number of aromatic carboxylic acids is 1. The fraction of sp³-hybridized carbons (Fsp3) is 0.462. The van der Waals surface area contributed by atoms with Gasteiger partial charge < -0.3 is 15.9 Å². The van der Waals surface area contributed by atoms with E-state index in [1.807, 2.05) is 0 Å². The Kier molecular flexibility index (Phi) is 3.92. The van der Waals surface area contributed by atoms with Crippen molar-refractivity contribution in [3.8, 4) is 5.75 Å². The van der Waals surface area contributed by atoms with Crippen LogP contribution in [-0.4, -0.2) is 16.2 Å². The summed E-state index contributed by atoms with van der Waals surface area (Å²) in [7, 11) is 0. The summed E-state index contributed by atoms with van der Waals surface area (Å²) < 4.78 is 0.482. The minimum Gasteiger partial charge on any atom is -0.506 e. The van der Waals surface area contributed by atoms with Gasteiger partial charge in [0.2, 0.25) is 0 Å².